The Morgan fingerprint density at radius 2 is 0.553 bits per heavy atom. The first-order valence-electron chi connectivity index (χ1n) is 26.3. The van der Waals surface area contributed by atoms with Gasteiger partial charge in [0.05, 0.1) is 5.69 Å². The Balaban J connectivity index is 1.06. The van der Waals surface area contributed by atoms with E-state index in [1.54, 1.807) is 0 Å². The summed E-state index contributed by atoms with van der Waals surface area (Å²) >= 11 is 0. The van der Waals surface area contributed by atoms with Crippen LogP contribution in [0, 0.1) is 0 Å². The molecule has 0 unspecified atom stereocenters. The molecular formula is C74H53NSi. The van der Waals surface area contributed by atoms with Crippen LogP contribution in [0.15, 0.2) is 322 Å². The largest absolute Gasteiger partial charge is 0.310 e. The Labute approximate surface area is 447 Å². The molecule has 0 aromatic heterocycles. The third kappa shape index (κ3) is 8.13. The van der Waals surface area contributed by atoms with Gasteiger partial charge in [-0.15, -0.1) is 0 Å². The lowest BCUT2D eigenvalue weighted by Crippen LogP contribution is -2.74. The highest BCUT2D eigenvalue weighted by Gasteiger charge is 2.41. The second-order valence-electron chi connectivity index (χ2n) is 19.4. The maximum atomic E-state index is 2.44. The van der Waals surface area contributed by atoms with E-state index in [1.165, 1.54) is 97.9 Å². The van der Waals surface area contributed by atoms with E-state index >= 15 is 0 Å². The minimum Gasteiger partial charge on any atom is -0.310 e. The molecule has 1 nitrogen and oxygen atoms in total. The van der Waals surface area contributed by atoms with Crippen molar-refractivity contribution in [2.75, 3.05) is 4.90 Å². The topological polar surface area (TPSA) is 3.24 Å². The predicted molar refractivity (Wildman–Crippen MR) is 327 cm³/mol. The van der Waals surface area contributed by atoms with Crippen LogP contribution in [0.1, 0.15) is 0 Å². The number of anilines is 3. The van der Waals surface area contributed by atoms with Crippen molar-refractivity contribution in [2.45, 2.75) is 0 Å². The Kier molecular flexibility index (Phi) is 12.4. The van der Waals surface area contributed by atoms with Gasteiger partial charge in [-0.3, -0.25) is 0 Å². The van der Waals surface area contributed by atoms with Crippen LogP contribution in [0.5, 0.6) is 0 Å². The van der Waals surface area contributed by atoms with E-state index in [2.05, 4.69) is 326 Å². The molecule has 0 atom stereocenters. The molecule has 0 aliphatic heterocycles. The summed E-state index contributed by atoms with van der Waals surface area (Å²) in [5, 5.41) is 10.2. The van der Waals surface area contributed by atoms with Crippen LogP contribution in [0.3, 0.4) is 0 Å². The summed E-state index contributed by atoms with van der Waals surface area (Å²) in [5.74, 6) is 0. The SMILES string of the molecule is c1ccc(-c2c(-c3ccccc3)c(-c3ccccc3)c3c(-c4cccc5c(N(c6ccccc6)c6ccc([Si](c7ccccc7)(c7ccccc7)c7ccccc7)cc6)cccc45)cccc3c2-c2ccccc2)cc1. The number of nitrogens with zero attached hydrogens (tertiary/aromatic N) is 1. The molecule has 0 radical (unpaired) electrons. The molecule has 0 saturated carbocycles. The van der Waals surface area contributed by atoms with Crippen LogP contribution in [0.25, 0.3) is 77.2 Å². The highest BCUT2D eigenvalue weighted by molar-refractivity contribution is 7.19. The zero-order valence-electron chi connectivity index (χ0n) is 42.0. The lowest BCUT2D eigenvalue weighted by Gasteiger charge is -2.35. The first-order chi connectivity index (χ1) is 37.8. The van der Waals surface area contributed by atoms with Gasteiger partial charge in [0.2, 0.25) is 0 Å². The number of hydrogen-bond acceptors (Lipinski definition) is 1. The first-order valence-corrected chi connectivity index (χ1v) is 28.3. The van der Waals surface area contributed by atoms with Crippen molar-refractivity contribution in [3.63, 3.8) is 0 Å². The number of para-hydroxylation sites is 1. The molecule has 0 heterocycles. The van der Waals surface area contributed by atoms with Crippen molar-refractivity contribution in [3.8, 4) is 55.6 Å². The lowest BCUT2D eigenvalue weighted by atomic mass is 9.77. The van der Waals surface area contributed by atoms with Gasteiger partial charge in [0.15, 0.2) is 8.07 Å². The quantitative estimate of drug-likeness (QED) is 0.0871. The van der Waals surface area contributed by atoms with Crippen LogP contribution in [0.2, 0.25) is 0 Å². The lowest BCUT2D eigenvalue weighted by molar-refractivity contribution is 1.30. The third-order valence-electron chi connectivity index (χ3n) is 15.2. The normalized spacial score (nSPS) is 11.4. The molecule has 0 saturated heterocycles. The molecule has 0 fully saturated rings. The van der Waals surface area contributed by atoms with Gasteiger partial charge < -0.3 is 4.90 Å². The minimum absolute atomic E-state index is 1.09. The standard InChI is InChI=1S/C74H53NSi/c1-9-28-54(29-10-1)70-68-48-26-47-67(74(68)73(57-34-15-4-16-35-57)72(56-32-13-3-14-33-56)71(70)55-30-11-2-12-31-55)65-44-25-46-66-64(65)45-27-49-69(66)75(58-36-17-5-18-37-58)59-50-52-63(53-51-59)76(60-38-19-6-20-39-60,61-40-21-7-22-41-61)62-42-23-8-24-43-62/h1-53H. The van der Waals surface area contributed by atoms with Crippen molar-refractivity contribution in [3.05, 3.63) is 322 Å². The van der Waals surface area contributed by atoms with Gasteiger partial charge in [-0.25, -0.2) is 0 Å². The second-order valence-corrected chi connectivity index (χ2v) is 23.2. The van der Waals surface area contributed by atoms with Crippen LogP contribution in [-0.2, 0) is 0 Å². The monoisotopic (exact) mass is 983 g/mol. The van der Waals surface area contributed by atoms with Crippen molar-refractivity contribution >= 4 is 67.4 Å². The molecule has 13 aromatic carbocycles. The highest BCUT2D eigenvalue weighted by Crippen LogP contribution is 2.53. The average Bonchev–Trinajstić information content (AvgIpc) is 3.67. The van der Waals surface area contributed by atoms with Gasteiger partial charge in [-0.1, -0.05) is 291 Å². The van der Waals surface area contributed by atoms with E-state index in [9.17, 15) is 0 Å². The van der Waals surface area contributed by atoms with Crippen LogP contribution in [0.4, 0.5) is 17.1 Å². The van der Waals surface area contributed by atoms with E-state index in [1.807, 2.05) is 0 Å². The van der Waals surface area contributed by atoms with Gasteiger partial charge in [0, 0.05) is 16.8 Å². The Bertz CT molecular complexity index is 4000. The van der Waals surface area contributed by atoms with Crippen molar-refractivity contribution in [1.29, 1.82) is 0 Å². The number of hydrogen-bond donors (Lipinski definition) is 0. The van der Waals surface area contributed by atoms with Gasteiger partial charge in [-0.05, 0) is 123 Å². The summed E-state index contributed by atoms with van der Waals surface area (Å²) in [4.78, 5) is 2.44. The Morgan fingerprint density at radius 3 is 1.04 bits per heavy atom. The molecule has 13 aromatic rings. The fourth-order valence-corrected chi connectivity index (χ4v) is 16.7. The molecule has 13 rings (SSSR count). The average molecular weight is 984 g/mol. The number of benzene rings is 13. The summed E-state index contributed by atoms with van der Waals surface area (Å²) < 4.78 is 0. The van der Waals surface area contributed by atoms with E-state index in [-0.39, 0.29) is 0 Å². The van der Waals surface area contributed by atoms with Crippen LogP contribution >= 0.6 is 0 Å². The smallest absolute Gasteiger partial charge is 0.179 e. The fourth-order valence-electron chi connectivity index (χ4n) is 12.0. The maximum Gasteiger partial charge on any atom is 0.179 e. The molecule has 2 heteroatoms. The molecular weight excluding hydrogens is 931 g/mol. The molecule has 0 bridgehead atoms. The van der Waals surface area contributed by atoms with E-state index in [4.69, 9.17) is 0 Å². The summed E-state index contributed by atoms with van der Waals surface area (Å²) in [6.45, 7) is 0. The van der Waals surface area contributed by atoms with Gasteiger partial charge in [0.25, 0.3) is 0 Å². The van der Waals surface area contributed by atoms with E-state index in [0.29, 0.717) is 0 Å². The van der Waals surface area contributed by atoms with Crippen LogP contribution in [-0.4, -0.2) is 8.07 Å². The van der Waals surface area contributed by atoms with Gasteiger partial charge in [-0.2, -0.15) is 0 Å². The van der Waals surface area contributed by atoms with Crippen molar-refractivity contribution in [1.82, 2.24) is 0 Å². The zero-order chi connectivity index (χ0) is 50.7. The molecule has 0 amide bonds. The zero-order valence-corrected chi connectivity index (χ0v) is 43.0. The van der Waals surface area contributed by atoms with Gasteiger partial charge in [0.1, 0.15) is 0 Å². The van der Waals surface area contributed by atoms with Crippen LogP contribution < -0.4 is 25.6 Å². The molecule has 0 aliphatic rings. The predicted octanol–water partition coefficient (Wildman–Crippen LogP) is 17.2. The third-order valence-corrected chi connectivity index (χ3v) is 20.0. The summed E-state index contributed by atoms with van der Waals surface area (Å²) in [6.07, 6.45) is 0. The fraction of sp³-hybridized carbons (Fsp3) is 0. The molecule has 0 aliphatic carbocycles. The Hall–Kier alpha value is -9.60. The number of rotatable bonds is 12. The molecule has 76 heavy (non-hydrogen) atoms. The highest BCUT2D eigenvalue weighted by atomic mass is 28.3. The van der Waals surface area contributed by atoms with Crippen molar-refractivity contribution < 1.29 is 0 Å². The first kappa shape index (κ1) is 46.2. The summed E-state index contributed by atoms with van der Waals surface area (Å²) in [5.41, 5.74) is 15.3. The summed E-state index contributed by atoms with van der Waals surface area (Å²) in [7, 11) is -2.75. The van der Waals surface area contributed by atoms with Crippen molar-refractivity contribution in [2.24, 2.45) is 0 Å². The molecule has 358 valence electrons. The molecule has 0 spiro atoms. The number of fused-ring (bicyclic) bond motifs is 2. The molecule has 0 N–H and O–H groups in total. The second kappa shape index (κ2) is 20.4. The maximum absolute atomic E-state index is 2.75. The summed E-state index contributed by atoms with van der Waals surface area (Å²) in [6, 6.07) is 119. The van der Waals surface area contributed by atoms with Gasteiger partial charge >= 0.3 is 0 Å². The Morgan fingerprint density at radius 1 is 0.211 bits per heavy atom. The van der Waals surface area contributed by atoms with E-state index in [0.717, 1.165) is 17.1 Å². The van der Waals surface area contributed by atoms with E-state index < -0.39 is 8.07 Å². The minimum atomic E-state index is -2.75.